The molecule has 1 aromatic carbocycles. The molecule has 0 bridgehead atoms. The third kappa shape index (κ3) is 2.20. The second-order valence-corrected chi connectivity index (χ2v) is 3.14. The van der Waals surface area contributed by atoms with Gasteiger partial charge in [-0.15, -0.1) is 0 Å². The highest BCUT2D eigenvalue weighted by atomic mass is 19.1. The maximum Gasteiger partial charge on any atom is 0.128 e. The number of nitrogens with one attached hydrogen (secondary N) is 1. The van der Waals surface area contributed by atoms with Crippen molar-refractivity contribution in [3.8, 4) is 0 Å². The summed E-state index contributed by atoms with van der Waals surface area (Å²) in [6, 6.07) is 3.49. The number of hydrogen-bond donors (Lipinski definition) is 1. The van der Waals surface area contributed by atoms with Crippen LogP contribution in [0.2, 0.25) is 0 Å². The van der Waals surface area contributed by atoms with Crippen LogP contribution in [0.25, 0.3) is 0 Å². The van der Waals surface area contributed by atoms with Crippen molar-refractivity contribution in [3.05, 3.63) is 29.1 Å². The molecule has 72 valence electrons. The number of anilines is 1. The van der Waals surface area contributed by atoms with E-state index in [1.165, 1.54) is 0 Å². The number of hydrogen-bond acceptors (Lipinski definition) is 1. The average molecular weight is 181 g/mol. The molecule has 0 heterocycles. The Labute approximate surface area is 79.0 Å². The standard InChI is InChI=1S/C11H16FN/c1-4-9-6-8(3)11(13-5-2)7-10(9)12/h6-7,13H,4-5H2,1-3H3. The first kappa shape index (κ1) is 10.0. The normalized spacial score (nSPS) is 10.2. The smallest absolute Gasteiger partial charge is 0.128 e. The van der Waals surface area contributed by atoms with Crippen LogP contribution in [0.4, 0.5) is 10.1 Å². The fourth-order valence-electron chi connectivity index (χ4n) is 1.39. The molecule has 0 saturated carbocycles. The van der Waals surface area contributed by atoms with Crippen LogP contribution >= 0.6 is 0 Å². The Morgan fingerprint density at radius 3 is 2.54 bits per heavy atom. The minimum absolute atomic E-state index is 0.107. The largest absolute Gasteiger partial charge is 0.385 e. The Hall–Kier alpha value is -1.05. The van der Waals surface area contributed by atoms with E-state index in [9.17, 15) is 4.39 Å². The zero-order valence-electron chi connectivity index (χ0n) is 8.45. The number of rotatable bonds is 3. The second kappa shape index (κ2) is 4.26. The van der Waals surface area contributed by atoms with Crippen molar-refractivity contribution in [3.63, 3.8) is 0 Å². The molecule has 13 heavy (non-hydrogen) atoms. The van der Waals surface area contributed by atoms with Crippen molar-refractivity contribution >= 4 is 5.69 Å². The van der Waals surface area contributed by atoms with Gasteiger partial charge in [-0.1, -0.05) is 13.0 Å². The van der Waals surface area contributed by atoms with E-state index < -0.39 is 0 Å². The van der Waals surface area contributed by atoms with Crippen LogP contribution in [0.15, 0.2) is 12.1 Å². The second-order valence-electron chi connectivity index (χ2n) is 3.14. The summed E-state index contributed by atoms with van der Waals surface area (Å²) in [5.74, 6) is -0.107. The lowest BCUT2D eigenvalue weighted by atomic mass is 10.1. The minimum Gasteiger partial charge on any atom is -0.385 e. The summed E-state index contributed by atoms with van der Waals surface area (Å²) in [6.45, 7) is 6.79. The van der Waals surface area contributed by atoms with E-state index >= 15 is 0 Å². The Morgan fingerprint density at radius 1 is 1.31 bits per heavy atom. The van der Waals surface area contributed by atoms with E-state index in [1.54, 1.807) is 6.07 Å². The van der Waals surface area contributed by atoms with Crippen LogP contribution in [0.5, 0.6) is 0 Å². The summed E-state index contributed by atoms with van der Waals surface area (Å²) in [6.07, 6.45) is 0.749. The van der Waals surface area contributed by atoms with Crippen molar-refractivity contribution in [1.29, 1.82) is 0 Å². The molecule has 1 nitrogen and oxygen atoms in total. The van der Waals surface area contributed by atoms with E-state index in [0.717, 1.165) is 29.8 Å². The van der Waals surface area contributed by atoms with Crippen LogP contribution in [-0.4, -0.2) is 6.54 Å². The zero-order chi connectivity index (χ0) is 9.84. The quantitative estimate of drug-likeness (QED) is 0.755. The first-order valence-corrected chi connectivity index (χ1v) is 4.72. The van der Waals surface area contributed by atoms with Gasteiger partial charge in [0, 0.05) is 12.2 Å². The summed E-state index contributed by atoms with van der Waals surface area (Å²) in [4.78, 5) is 0. The van der Waals surface area contributed by atoms with E-state index in [4.69, 9.17) is 0 Å². The first-order chi connectivity index (χ1) is 6.19. The minimum atomic E-state index is -0.107. The third-order valence-electron chi connectivity index (χ3n) is 2.14. The topological polar surface area (TPSA) is 12.0 Å². The predicted molar refractivity (Wildman–Crippen MR) is 54.7 cm³/mol. The third-order valence-corrected chi connectivity index (χ3v) is 2.14. The zero-order valence-corrected chi connectivity index (χ0v) is 8.45. The summed E-state index contributed by atoms with van der Waals surface area (Å²) in [7, 11) is 0. The Kier molecular flexibility index (Phi) is 3.29. The molecule has 0 aliphatic carbocycles. The molecule has 0 fully saturated rings. The molecule has 0 atom stereocenters. The molecule has 1 aromatic rings. The van der Waals surface area contributed by atoms with Gasteiger partial charge in [-0.3, -0.25) is 0 Å². The van der Waals surface area contributed by atoms with E-state index in [-0.39, 0.29) is 5.82 Å². The molecular weight excluding hydrogens is 165 g/mol. The molecule has 1 rings (SSSR count). The molecule has 0 unspecified atom stereocenters. The van der Waals surface area contributed by atoms with E-state index in [1.807, 2.05) is 26.8 Å². The molecule has 0 saturated heterocycles. The Bertz CT molecular complexity index is 294. The van der Waals surface area contributed by atoms with Crippen LogP contribution in [0.1, 0.15) is 25.0 Å². The fourth-order valence-corrected chi connectivity index (χ4v) is 1.39. The summed E-state index contributed by atoms with van der Waals surface area (Å²) < 4.78 is 13.3. The lowest BCUT2D eigenvalue weighted by Gasteiger charge is -2.09. The Morgan fingerprint density at radius 2 is 2.00 bits per heavy atom. The Balaban J connectivity index is 3.05. The molecule has 1 N–H and O–H groups in total. The van der Waals surface area contributed by atoms with Crippen LogP contribution in [0.3, 0.4) is 0 Å². The van der Waals surface area contributed by atoms with Gasteiger partial charge in [0.2, 0.25) is 0 Å². The van der Waals surface area contributed by atoms with E-state index in [0.29, 0.717) is 0 Å². The van der Waals surface area contributed by atoms with Crippen molar-refractivity contribution < 1.29 is 4.39 Å². The van der Waals surface area contributed by atoms with Crippen LogP contribution < -0.4 is 5.32 Å². The van der Waals surface area contributed by atoms with Crippen molar-refractivity contribution in [2.45, 2.75) is 27.2 Å². The van der Waals surface area contributed by atoms with Crippen molar-refractivity contribution in [1.82, 2.24) is 0 Å². The van der Waals surface area contributed by atoms with Gasteiger partial charge in [-0.2, -0.15) is 0 Å². The fraction of sp³-hybridized carbons (Fsp3) is 0.455. The number of halogens is 1. The van der Waals surface area contributed by atoms with Gasteiger partial charge in [0.15, 0.2) is 0 Å². The van der Waals surface area contributed by atoms with Crippen LogP contribution in [0, 0.1) is 12.7 Å². The summed E-state index contributed by atoms with van der Waals surface area (Å²) in [5.41, 5.74) is 2.80. The molecule has 2 heteroatoms. The lowest BCUT2D eigenvalue weighted by molar-refractivity contribution is 0.612. The van der Waals surface area contributed by atoms with Gasteiger partial charge < -0.3 is 5.32 Å². The van der Waals surface area contributed by atoms with Crippen molar-refractivity contribution in [2.24, 2.45) is 0 Å². The first-order valence-electron chi connectivity index (χ1n) is 4.72. The average Bonchev–Trinajstić information content (AvgIpc) is 2.11. The van der Waals surface area contributed by atoms with E-state index in [2.05, 4.69) is 5.32 Å². The van der Waals surface area contributed by atoms with Gasteiger partial charge in [-0.05, 0) is 37.5 Å². The maximum atomic E-state index is 13.3. The highest BCUT2D eigenvalue weighted by Crippen LogP contribution is 2.20. The van der Waals surface area contributed by atoms with Crippen LogP contribution in [-0.2, 0) is 6.42 Å². The van der Waals surface area contributed by atoms with Crippen molar-refractivity contribution in [2.75, 3.05) is 11.9 Å². The highest BCUT2D eigenvalue weighted by molar-refractivity contribution is 5.52. The summed E-state index contributed by atoms with van der Waals surface area (Å²) in [5, 5.41) is 3.13. The maximum absolute atomic E-state index is 13.3. The molecule has 0 aliphatic heterocycles. The monoisotopic (exact) mass is 181 g/mol. The highest BCUT2D eigenvalue weighted by Gasteiger charge is 2.04. The van der Waals surface area contributed by atoms with Gasteiger partial charge in [0.1, 0.15) is 5.82 Å². The molecule has 0 amide bonds. The summed E-state index contributed by atoms with van der Waals surface area (Å²) >= 11 is 0. The molecule has 0 radical (unpaired) electrons. The molecule has 0 aromatic heterocycles. The van der Waals surface area contributed by atoms with Gasteiger partial charge in [0.25, 0.3) is 0 Å². The lowest BCUT2D eigenvalue weighted by Crippen LogP contribution is -2.01. The number of benzene rings is 1. The van der Waals surface area contributed by atoms with Gasteiger partial charge in [-0.25, -0.2) is 4.39 Å². The number of aryl methyl sites for hydroxylation is 2. The molecule has 0 spiro atoms. The molecule has 0 aliphatic rings. The van der Waals surface area contributed by atoms with Gasteiger partial charge in [0.05, 0.1) is 0 Å². The molecular formula is C11H16FN. The SMILES string of the molecule is CCNc1cc(F)c(CC)cc1C. The predicted octanol–water partition coefficient (Wildman–Crippen LogP) is 3.13. The van der Waals surface area contributed by atoms with Gasteiger partial charge >= 0.3 is 0 Å².